The molecule has 1 aromatic heterocycles. The van der Waals surface area contributed by atoms with E-state index in [0.29, 0.717) is 24.5 Å². The molecule has 4 rings (SSSR count). The van der Waals surface area contributed by atoms with Crippen LogP contribution in [0.25, 0.3) is 11.3 Å². The monoisotopic (exact) mass is 415 g/mol. The maximum Gasteiger partial charge on any atom is 0.341 e. The van der Waals surface area contributed by atoms with Gasteiger partial charge in [0.05, 0.1) is 24.9 Å². The molecule has 0 bridgehead atoms. The second-order valence-corrected chi connectivity index (χ2v) is 8.82. The fraction of sp³-hybridized carbons (Fsp3) is 0.478. The lowest BCUT2D eigenvalue weighted by atomic mass is 9.78. The molecule has 0 amide bonds. The number of aromatic carboxylic acids is 1. The maximum atomic E-state index is 15.3. The SMILES string of the molecule is CCCCOc1cc2c(cc1C)-c1c(F)c(=O)c(C(=O)O)cn1[C@H]1[C@@H]2OCC1(C)C. The van der Waals surface area contributed by atoms with Crippen LogP contribution in [0, 0.1) is 18.2 Å². The van der Waals surface area contributed by atoms with E-state index in [1.807, 2.05) is 26.8 Å². The first-order chi connectivity index (χ1) is 14.2. The molecule has 0 aliphatic carbocycles. The van der Waals surface area contributed by atoms with E-state index >= 15 is 4.39 Å². The van der Waals surface area contributed by atoms with Crippen LogP contribution < -0.4 is 10.2 Å². The molecule has 2 aliphatic heterocycles. The van der Waals surface area contributed by atoms with Gasteiger partial charge in [0.2, 0.25) is 5.43 Å². The number of fused-ring (bicyclic) bond motifs is 6. The summed E-state index contributed by atoms with van der Waals surface area (Å²) in [5, 5.41) is 9.41. The van der Waals surface area contributed by atoms with Crippen LogP contribution in [0.5, 0.6) is 5.75 Å². The molecule has 1 saturated heterocycles. The Morgan fingerprint density at radius 1 is 1.40 bits per heavy atom. The fourth-order valence-corrected chi connectivity index (χ4v) is 4.53. The fourth-order valence-electron chi connectivity index (χ4n) is 4.53. The number of nitrogens with zero attached hydrogens (tertiary/aromatic N) is 1. The molecule has 1 N–H and O–H groups in total. The zero-order valence-corrected chi connectivity index (χ0v) is 17.6. The van der Waals surface area contributed by atoms with Gasteiger partial charge in [0.25, 0.3) is 0 Å². The van der Waals surface area contributed by atoms with Crippen LogP contribution in [0.4, 0.5) is 4.39 Å². The number of benzene rings is 1. The summed E-state index contributed by atoms with van der Waals surface area (Å²) in [6.45, 7) is 8.97. The van der Waals surface area contributed by atoms with Gasteiger partial charge in [-0.1, -0.05) is 27.2 Å². The lowest BCUT2D eigenvalue weighted by Crippen LogP contribution is -2.34. The number of rotatable bonds is 5. The summed E-state index contributed by atoms with van der Waals surface area (Å²) in [6, 6.07) is 3.34. The van der Waals surface area contributed by atoms with E-state index in [1.165, 1.54) is 6.20 Å². The third kappa shape index (κ3) is 3.03. The highest BCUT2D eigenvalue weighted by molar-refractivity contribution is 5.88. The molecular formula is C23H26FNO5. The second-order valence-electron chi connectivity index (χ2n) is 8.82. The standard InChI is InChI=1S/C23H26FNO5/c1-5-6-7-29-16-9-14-13(8-12(16)2)18-17(24)19(26)15(22(27)28)10-25(18)21-20(14)30-11-23(21,3)4/h8-10,20-21H,5-7,11H2,1-4H3,(H,27,28)/t20-,21+/m1/s1. The van der Waals surface area contributed by atoms with E-state index in [1.54, 1.807) is 10.6 Å². The zero-order valence-electron chi connectivity index (χ0n) is 17.6. The molecule has 2 atom stereocenters. The lowest BCUT2D eigenvalue weighted by Gasteiger charge is -2.38. The van der Waals surface area contributed by atoms with Crippen LogP contribution in [0.2, 0.25) is 0 Å². The predicted molar refractivity (Wildman–Crippen MR) is 110 cm³/mol. The number of carboxylic acids is 1. The Labute approximate surface area is 174 Å². The highest BCUT2D eigenvalue weighted by Gasteiger charge is 2.50. The predicted octanol–water partition coefficient (Wildman–Crippen LogP) is 4.49. The molecule has 7 heteroatoms. The van der Waals surface area contributed by atoms with Crippen molar-refractivity contribution in [3.05, 3.63) is 51.1 Å². The molecule has 2 aromatic rings. The Morgan fingerprint density at radius 3 is 2.80 bits per heavy atom. The van der Waals surface area contributed by atoms with Crippen molar-refractivity contribution in [2.24, 2.45) is 5.41 Å². The number of hydrogen-bond donors (Lipinski definition) is 1. The van der Waals surface area contributed by atoms with E-state index in [-0.39, 0.29) is 23.3 Å². The topological polar surface area (TPSA) is 77.8 Å². The summed E-state index contributed by atoms with van der Waals surface area (Å²) in [6.07, 6.45) is 2.82. The molecule has 3 heterocycles. The first kappa shape index (κ1) is 20.6. The van der Waals surface area contributed by atoms with Crippen molar-refractivity contribution in [3.8, 4) is 17.0 Å². The van der Waals surface area contributed by atoms with Crippen molar-refractivity contribution in [2.45, 2.75) is 52.7 Å². The smallest absolute Gasteiger partial charge is 0.341 e. The minimum atomic E-state index is -1.44. The van der Waals surface area contributed by atoms with Crippen LogP contribution in [0.15, 0.2) is 23.1 Å². The van der Waals surface area contributed by atoms with Crippen LogP contribution in [0.3, 0.4) is 0 Å². The molecule has 30 heavy (non-hydrogen) atoms. The van der Waals surface area contributed by atoms with Gasteiger partial charge in [0.15, 0.2) is 5.82 Å². The van der Waals surface area contributed by atoms with Crippen molar-refractivity contribution in [2.75, 3.05) is 13.2 Å². The van der Waals surface area contributed by atoms with E-state index in [9.17, 15) is 14.7 Å². The summed E-state index contributed by atoms with van der Waals surface area (Å²) in [5.41, 5.74) is 0.185. The van der Waals surface area contributed by atoms with Gasteiger partial charge < -0.3 is 19.1 Å². The first-order valence-corrected chi connectivity index (χ1v) is 10.2. The number of ether oxygens (including phenoxy) is 2. The average molecular weight is 415 g/mol. The molecule has 0 unspecified atom stereocenters. The number of aryl methyl sites for hydroxylation is 1. The Kier molecular flexibility index (Phi) is 4.97. The molecule has 0 saturated carbocycles. The summed E-state index contributed by atoms with van der Waals surface area (Å²) in [4.78, 5) is 24.0. The number of carbonyl (C=O) groups is 1. The molecule has 1 fully saturated rings. The minimum absolute atomic E-state index is 0.114. The highest BCUT2D eigenvalue weighted by Crippen LogP contribution is 2.56. The van der Waals surface area contributed by atoms with Gasteiger partial charge in [-0.2, -0.15) is 0 Å². The number of carboxylic acid groups (broad SMARTS) is 1. The third-order valence-corrected chi connectivity index (χ3v) is 6.09. The molecule has 0 radical (unpaired) electrons. The molecule has 2 aliphatic rings. The summed E-state index contributed by atoms with van der Waals surface area (Å²) < 4.78 is 29.0. The Bertz CT molecular complexity index is 1090. The number of aromatic nitrogens is 1. The van der Waals surface area contributed by atoms with Gasteiger partial charge in [-0.05, 0) is 36.6 Å². The van der Waals surface area contributed by atoms with Gasteiger partial charge in [-0.3, -0.25) is 4.79 Å². The van der Waals surface area contributed by atoms with Crippen molar-refractivity contribution in [1.29, 1.82) is 0 Å². The molecule has 0 spiro atoms. The van der Waals surface area contributed by atoms with Crippen LogP contribution in [0.1, 0.15) is 67.2 Å². The van der Waals surface area contributed by atoms with Crippen molar-refractivity contribution < 1.29 is 23.8 Å². The Hall–Kier alpha value is -2.67. The summed E-state index contributed by atoms with van der Waals surface area (Å²) >= 11 is 0. The number of hydrogen-bond acceptors (Lipinski definition) is 4. The highest BCUT2D eigenvalue weighted by atomic mass is 19.1. The van der Waals surface area contributed by atoms with Gasteiger partial charge in [0.1, 0.15) is 17.4 Å². The Morgan fingerprint density at radius 2 is 2.13 bits per heavy atom. The van der Waals surface area contributed by atoms with Crippen molar-refractivity contribution >= 4 is 5.97 Å². The zero-order chi connectivity index (χ0) is 21.8. The van der Waals surface area contributed by atoms with Gasteiger partial charge in [-0.25, -0.2) is 9.18 Å². The average Bonchev–Trinajstić information content (AvgIpc) is 3.00. The molecule has 160 valence electrons. The number of unbranched alkanes of at least 4 members (excludes halogenated alkanes) is 1. The molecular weight excluding hydrogens is 389 g/mol. The van der Waals surface area contributed by atoms with Crippen molar-refractivity contribution in [3.63, 3.8) is 0 Å². The quantitative estimate of drug-likeness (QED) is 0.728. The Balaban J connectivity index is 1.98. The van der Waals surface area contributed by atoms with Gasteiger partial charge >= 0.3 is 5.97 Å². The lowest BCUT2D eigenvalue weighted by molar-refractivity contribution is 0.0690. The number of pyridine rings is 1. The third-order valence-electron chi connectivity index (χ3n) is 6.09. The minimum Gasteiger partial charge on any atom is -0.493 e. The maximum absolute atomic E-state index is 15.3. The van der Waals surface area contributed by atoms with E-state index in [2.05, 4.69) is 6.92 Å². The summed E-state index contributed by atoms with van der Waals surface area (Å²) in [5.74, 6) is -1.77. The van der Waals surface area contributed by atoms with E-state index < -0.39 is 22.8 Å². The largest absolute Gasteiger partial charge is 0.493 e. The van der Waals surface area contributed by atoms with Crippen molar-refractivity contribution in [1.82, 2.24) is 4.57 Å². The van der Waals surface area contributed by atoms with Crippen LogP contribution >= 0.6 is 0 Å². The van der Waals surface area contributed by atoms with E-state index in [0.717, 1.165) is 24.0 Å². The summed E-state index contributed by atoms with van der Waals surface area (Å²) in [7, 11) is 0. The van der Waals surface area contributed by atoms with E-state index in [4.69, 9.17) is 9.47 Å². The van der Waals surface area contributed by atoms with Gasteiger partial charge in [-0.15, -0.1) is 0 Å². The normalized spacial score (nSPS) is 21.0. The van der Waals surface area contributed by atoms with Crippen LogP contribution in [-0.2, 0) is 4.74 Å². The second kappa shape index (κ2) is 7.23. The number of halogens is 1. The van der Waals surface area contributed by atoms with Crippen LogP contribution in [-0.4, -0.2) is 28.9 Å². The molecule has 6 nitrogen and oxygen atoms in total. The van der Waals surface area contributed by atoms with Gasteiger partial charge in [0, 0.05) is 17.2 Å². The first-order valence-electron chi connectivity index (χ1n) is 10.2. The molecule has 1 aromatic carbocycles.